The van der Waals surface area contributed by atoms with Gasteiger partial charge in [-0.2, -0.15) is 13.2 Å². The average Bonchev–Trinajstić information content (AvgIpc) is 3.53. The van der Waals surface area contributed by atoms with Gasteiger partial charge in [0.25, 0.3) is 5.22 Å². The summed E-state index contributed by atoms with van der Waals surface area (Å²) in [6, 6.07) is 7.42. The van der Waals surface area contributed by atoms with Gasteiger partial charge in [0.2, 0.25) is 15.9 Å². The number of para-hydroxylation sites is 1. The molecule has 0 radical (unpaired) electrons. The summed E-state index contributed by atoms with van der Waals surface area (Å²) < 4.78 is 71.8. The number of carboxylic acid groups (broad SMARTS) is 4. The number of nitrogens with one attached hydrogen (secondary N) is 2. The number of carbonyl (C=O) groups is 5. The van der Waals surface area contributed by atoms with E-state index in [4.69, 9.17) is 24.8 Å². The smallest absolute Gasteiger partial charge is 0.420 e. The topological polar surface area (TPSA) is 257 Å². The van der Waals surface area contributed by atoms with E-state index in [0.717, 1.165) is 36.5 Å². The minimum absolute atomic E-state index is 0.0406. The van der Waals surface area contributed by atoms with Crippen molar-refractivity contribution >= 4 is 74.0 Å². The number of carbonyl (C=O) groups excluding carboxylic acids is 1. The van der Waals surface area contributed by atoms with Gasteiger partial charge in [0.05, 0.1) is 18.5 Å². The zero-order valence-electron chi connectivity index (χ0n) is 32.6. The molecule has 4 rings (SSSR count). The number of oxazole rings is 1. The number of hydrogen-bond acceptors (Lipinski definition) is 12. The highest BCUT2D eigenvalue weighted by Crippen LogP contribution is 2.39. The predicted octanol–water partition coefficient (Wildman–Crippen LogP) is 5.24. The number of alkyl halides is 3. The van der Waals surface area contributed by atoms with Crippen LogP contribution in [-0.4, -0.2) is 125 Å². The maximum atomic E-state index is 13.3. The van der Waals surface area contributed by atoms with Crippen LogP contribution in [-0.2, 0) is 40.2 Å². The average molecular weight is 874 g/mol. The van der Waals surface area contributed by atoms with Crippen LogP contribution < -0.4 is 10.0 Å². The summed E-state index contributed by atoms with van der Waals surface area (Å²) >= 11 is 1.28. The Morgan fingerprint density at radius 2 is 1.37 bits per heavy atom. The molecule has 0 aliphatic carbocycles. The van der Waals surface area contributed by atoms with Gasteiger partial charge >= 0.3 is 30.1 Å². The van der Waals surface area contributed by atoms with Gasteiger partial charge in [-0.15, -0.1) is 0 Å². The molecule has 0 unspecified atom stereocenters. The summed E-state index contributed by atoms with van der Waals surface area (Å²) in [6.45, 7) is 11.7. The molecule has 0 bridgehead atoms. The molecule has 3 aromatic rings. The molecule has 1 aliphatic rings. The van der Waals surface area contributed by atoms with Crippen LogP contribution in [0.25, 0.3) is 11.1 Å². The van der Waals surface area contributed by atoms with E-state index in [1.54, 1.807) is 6.07 Å². The Morgan fingerprint density at radius 3 is 1.83 bits per heavy atom. The zero-order valence-corrected chi connectivity index (χ0v) is 34.3. The van der Waals surface area contributed by atoms with Crippen LogP contribution in [0.1, 0.15) is 56.2 Å². The number of benzene rings is 2. The lowest BCUT2D eigenvalue weighted by Gasteiger charge is -2.34. The van der Waals surface area contributed by atoms with Crippen LogP contribution in [0.5, 0.6) is 0 Å². The molecule has 59 heavy (non-hydrogen) atoms. The van der Waals surface area contributed by atoms with Gasteiger partial charge in [0.1, 0.15) is 11.1 Å². The first-order chi connectivity index (χ1) is 27.4. The summed E-state index contributed by atoms with van der Waals surface area (Å²) in [5, 5.41) is 34.5. The van der Waals surface area contributed by atoms with Crippen molar-refractivity contribution in [3.63, 3.8) is 0 Å². The normalized spacial score (nSPS) is 13.9. The van der Waals surface area contributed by atoms with Crippen molar-refractivity contribution in [2.45, 2.75) is 50.9 Å². The lowest BCUT2D eigenvalue weighted by atomic mass is 9.91. The molecule has 2 heterocycles. The zero-order chi connectivity index (χ0) is 44.7. The highest BCUT2D eigenvalue weighted by atomic mass is 32.2. The van der Waals surface area contributed by atoms with E-state index in [-0.39, 0.29) is 40.6 Å². The van der Waals surface area contributed by atoms with Crippen molar-refractivity contribution in [2.75, 3.05) is 61.3 Å². The van der Waals surface area contributed by atoms with Gasteiger partial charge in [-0.3, -0.25) is 19.3 Å². The first-order valence-corrected chi connectivity index (χ1v) is 20.5. The van der Waals surface area contributed by atoms with E-state index in [9.17, 15) is 45.6 Å². The molecule has 2 aromatic carbocycles. The number of anilines is 2. The minimum atomic E-state index is -4.51. The predicted molar refractivity (Wildman–Crippen MR) is 213 cm³/mol. The van der Waals surface area contributed by atoms with Crippen LogP contribution in [0.3, 0.4) is 0 Å². The van der Waals surface area contributed by atoms with Crippen LogP contribution in [0.15, 0.2) is 64.3 Å². The minimum Gasteiger partial charge on any atom is -0.478 e. The second kappa shape index (κ2) is 22.6. The molecule has 1 amide bonds. The Labute approximate surface area is 342 Å². The summed E-state index contributed by atoms with van der Waals surface area (Å²) in [6.07, 6.45) is -1.17. The number of amides is 1. The second-order valence-corrected chi connectivity index (χ2v) is 16.1. The number of aliphatic carboxylic acids is 4. The Bertz CT molecular complexity index is 2060. The molecular weight excluding hydrogens is 828 g/mol. The van der Waals surface area contributed by atoms with E-state index in [1.165, 1.54) is 23.9 Å². The van der Waals surface area contributed by atoms with Crippen molar-refractivity contribution in [1.82, 2.24) is 14.8 Å². The van der Waals surface area contributed by atoms with E-state index in [2.05, 4.69) is 24.8 Å². The number of hydrogen-bond donors (Lipinski definition) is 6. The maximum Gasteiger partial charge on any atom is 0.420 e. The third-order valence-corrected chi connectivity index (χ3v) is 9.34. The van der Waals surface area contributed by atoms with Gasteiger partial charge in [-0.05, 0) is 35.6 Å². The summed E-state index contributed by atoms with van der Waals surface area (Å²) in [7, 11) is -3.50. The molecule has 0 spiro atoms. The fraction of sp³-hybridized carbons (Fsp3) is 0.405. The number of nitrogens with zero attached hydrogens (tertiary/aromatic N) is 3. The largest absolute Gasteiger partial charge is 0.478 e. The van der Waals surface area contributed by atoms with E-state index >= 15 is 0 Å². The quantitative estimate of drug-likeness (QED) is 0.0843. The fourth-order valence-electron chi connectivity index (χ4n) is 5.46. The third-order valence-electron chi connectivity index (χ3n) is 7.94. The monoisotopic (exact) mass is 873 g/mol. The van der Waals surface area contributed by atoms with Gasteiger partial charge < -0.3 is 30.2 Å². The molecule has 17 nitrogen and oxygen atoms in total. The van der Waals surface area contributed by atoms with Crippen LogP contribution in [0.4, 0.5) is 24.5 Å². The van der Waals surface area contributed by atoms with Crippen molar-refractivity contribution in [3.8, 4) is 0 Å². The lowest BCUT2D eigenvalue weighted by Crippen LogP contribution is -2.49. The van der Waals surface area contributed by atoms with Crippen molar-refractivity contribution in [3.05, 3.63) is 71.3 Å². The molecule has 1 fully saturated rings. The fourth-order valence-corrected chi connectivity index (χ4v) is 6.87. The second-order valence-electron chi connectivity index (χ2n) is 13.3. The molecule has 1 aliphatic heterocycles. The number of piperazine rings is 1. The number of aromatic nitrogens is 1. The Kier molecular flexibility index (Phi) is 19.1. The van der Waals surface area contributed by atoms with Gasteiger partial charge in [-0.25, -0.2) is 32.6 Å². The molecule has 6 N–H and O–H groups in total. The van der Waals surface area contributed by atoms with E-state index in [1.807, 2.05) is 33.8 Å². The van der Waals surface area contributed by atoms with Crippen molar-refractivity contribution in [2.24, 2.45) is 0 Å². The Morgan fingerprint density at radius 1 is 0.847 bits per heavy atom. The lowest BCUT2D eigenvalue weighted by molar-refractivity contribution is -0.137. The Balaban J connectivity index is 0.000000630. The van der Waals surface area contributed by atoms with E-state index in [0.29, 0.717) is 61.1 Å². The Hall–Kier alpha value is -5.45. The number of thioether (sulfide) groups is 1. The number of carboxylic acids is 4. The number of rotatable bonds is 15. The maximum absolute atomic E-state index is 13.3. The van der Waals surface area contributed by atoms with Crippen molar-refractivity contribution in [1.29, 1.82) is 0 Å². The molecule has 0 saturated carbocycles. The highest BCUT2D eigenvalue weighted by Gasteiger charge is 2.34. The number of sulfonamides is 1. The van der Waals surface area contributed by atoms with Gasteiger partial charge in [0.15, 0.2) is 5.58 Å². The highest BCUT2D eigenvalue weighted by molar-refractivity contribution is 7.99. The summed E-state index contributed by atoms with van der Waals surface area (Å²) in [5.74, 6) is -4.52. The van der Waals surface area contributed by atoms with Gasteiger partial charge in [-0.1, -0.05) is 51.6 Å². The molecule has 324 valence electrons. The standard InChI is InChI=1S/C29H38F3N5O4S2.2C4H4O4/c1-18(2)20-9-10-22(35-43(5,39)40)25(19(3)4)26(20)34-24(38)17-37-13-11-36(12-14-37)15-16-42-28-33-23-8-6-7-21(27(23)41-28)29(30,31)32;2*5-3(6)1-2-4(7)8/h6-10,18-19,35H,11-17H2,1-5H3,(H,34,38);2*1-2H,(H,5,6)(H,7,8)/b;2*2-1-. The third kappa shape index (κ3) is 17.9. The summed E-state index contributed by atoms with van der Waals surface area (Å²) in [5.41, 5.74) is 1.91. The number of fused-ring (bicyclic) bond motifs is 1. The molecular formula is C37H46F3N5O12S2. The first kappa shape index (κ1) is 49.7. The van der Waals surface area contributed by atoms with E-state index < -0.39 is 45.6 Å². The first-order valence-electron chi connectivity index (χ1n) is 17.6. The SMILES string of the molecule is CC(C)c1ccc(NS(C)(=O)=O)c(C(C)C)c1NC(=O)CN1CCN(CCSc2nc3cccc(C(F)(F)F)c3o2)CC1.O=C(O)/C=C\C(=O)O.O=C(O)/C=C\C(=O)O. The molecule has 1 saturated heterocycles. The van der Waals surface area contributed by atoms with Crippen LogP contribution in [0, 0.1) is 0 Å². The van der Waals surface area contributed by atoms with Gasteiger partial charge in [0, 0.05) is 74.0 Å². The number of halogens is 3. The molecule has 0 atom stereocenters. The summed E-state index contributed by atoms with van der Waals surface area (Å²) in [4.78, 5) is 59.9. The van der Waals surface area contributed by atoms with Crippen LogP contribution >= 0.6 is 11.8 Å². The van der Waals surface area contributed by atoms with Crippen LogP contribution in [0.2, 0.25) is 0 Å². The molecule has 22 heteroatoms. The molecule has 1 aromatic heterocycles. The van der Waals surface area contributed by atoms with Crippen molar-refractivity contribution < 1.29 is 70.4 Å².